The molecule has 0 saturated heterocycles. The molecule has 1 aliphatic rings. The molecule has 1 aliphatic heterocycles. The van der Waals surface area contributed by atoms with Gasteiger partial charge in [0.2, 0.25) is 0 Å². The van der Waals surface area contributed by atoms with Crippen molar-refractivity contribution in [1.29, 1.82) is 0 Å². The Morgan fingerprint density at radius 3 is 2.59 bits per heavy atom. The minimum atomic E-state index is 0.116. The molecule has 0 N–H and O–H groups in total. The SMILES string of the molecule is C/C=C/CC1SC(C(=O)c2ccccc2)=Cc2ccccc21. The maximum atomic E-state index is 12.7. The first-order valence-corrected chi connectivity index (χ1v) is 8.35. The second-order valence-corrected chi connectivity index (χ2v) is 6.49. The third kappa shape index (κ3) is 3.07. The molecular formula is C20H18OS. The van der Waals surface area contributed by atoms with Gasteiger partial charge in [-0.05, 0) is 30.5 Å². The van der Waals surface area contributed by atoms with Crippen LogP contribution in [-0.4, -0.2) is 5.78 Å². The van der Waals surface area contributed by atoms with Gasteiger partial charge in [-0.2, -0.15) is 0 Å². The summed E-state index contributed by atoms with van der Waals surface area (Å²) in [5.41, 5.74) is 3.23. The molecule has 0 amide bonds. The molecule has 2 aromatic rings. The summed E-state index contributed by atoms with van der Waals surface area (Å²) in [6, 6.07) is 17.9. The monoisotopic (exact) mass is 306 g/mol. The van der Waals surface area contributed by atoms with Crippen LogP contribution in [0.2, 0.25) is 0 Å². The van der Waals surface area contributed by atoms with E-state index in [4.69, 9.17) is 0 Å². The molecule has 0 fully saturated rings. The molecule has 3 rings (SSSR count). The molecule has 110 valence electrons. The zero-order chi connectivity index (χ0) is 15.4. The van der Waals surface area contributed by atoms with Crippen LogP contribution in [-0.2, 0) is 0 Å². The number of Topliss-reactive ketones (excluding diaryl/α,β-unsaturated/α-hetero) is 1. The van der Waals surface area contributed by atoms with Crippen molar-refractivity contribution in [2.75, 3.05) is 0 Å². The number of carbonyl (C=O) groups excluding carboxylic acids is 1. The number of ketones is 1. The van der Waals surface area contributed by atoms with E-state index in [0.717, 1.165) is 22.5 Å². The number of carbonyl (C=O) groups is 1. The Hall–Kier alpha value is -2.06. The Bertz CT molecular complexity index is 728. The summed E-state index contributed by atoms with van der Waals surface area (Å²) >= 11 is 1.68. The third-order valence-electron chi connectivity index (χ3n) is 3.74. The summed E-state index contributed by atoms with van der Waals surface area (Å²) in [6.45, 7) is 2.03. The highest BCUT2D eigenvalue weighted by Gasteiger charge is 2.24. The largest absolute Gasteiger partial charge is 0.288 e. The summed E-state index contributed by atoms with van der Waals surface area (Å²) in [7, 11) is 0. The molecule has 1 atom stereocenters. The summed E-state index contributed by atoms with van der Waals surface area (Å²) in [4.78, 5) is 13.6. The number of rotatable bonds is 4. The normalized spacial score (nSPS) is 17.1. The molecule has 0 aliphatic carbocycles. The summed E-state index contributed by atoms with van der Waals surface area (Å²) in [6.07, 6.45) is 7.21. The lowest BCUT2D eigenvalue weighted by Gasteiger charge is -2.24. The predicted molar refractivity (Wildman–Crippen MR) is 95.0 cm³/mol. The maximum absolute atomic E-state index is 12.7. The van der Waals surface area contributed by atoms with Crippen LogP contribution in [0.25, 0.3) is 6.08 Å². The number of thioether (sulfide) groups is 1. The van der Waals surface area contributed by atoms with Crippen molar-refractivity contribution < 1.29 is 4.79 Å². The second-order valence-electron chi connectivity index (χ2n) is 5.24. The van der Waals surface area contributed by atoms with Crippen molar-refractivity contribution in [2.45, 2.75) is 18.6 Å². The average Bonchev–Trinajstić information content (AvgIpc) is 2.59. The van der Waals surface area contributed by atoms with E-state index in [1.807, 2.05) is 49.4 Å². The highest BCUT2D eigenvalue weighted by atomic mass is 32.2. The van der Waals surface area contributed by atoms with Crippen molar-refractivity contribution >= 4 is 23.6 Å². The lowest BCUT2D eigenvalue weighted by atomic mass is 10.00. The summed E-state index contributed by atoms with van der Waals surface area (Å²) in [5, 5.41) is 0.306. The van der Waals surface area contributed by atoms with Crippen LogP contribution in [0.1, 0.15) is 40.1 Å². The molecular weight excluding hydrogens is 288 g/mol. The zero-order valence-electron chi connectivity index (χ0n) is 12.5. The molecule has 0 saturated carbocycles. The Labute approximate surface area is 135 Å². The molecule has 1 heterocycles. The first-order chi connectivity index (χ1) is 10.8. The number of hydrogen-bond acceptors (Lipinski definition) is 2. The Morgan fingerprint density at radius 2 is 1.82 bits per heavy atom. The molecule has 0 bridgehead atoms. The quantitative estimate of drug-likeness (QED) is 0.535. The van der Waals surface area contributed by atoms with Gasteiger partial charge in [0.25, 0.3) is 0 Å². The van der Waals surface area contributed by atoms with Gasteiger partial charge >= 0.3 is 0 Å². The van der Waals surface area contributed by atoms with Gasteiger partial charge < -0.3 is 0 Å². The van der Waals surface area contributed by atoms with Crippen LogP contribution in [0.3, 0.4) is 0 Å². The fourth-order valence-corrected chi connectivity index (χ4v) is 3.89. The van der Waals surface area contributed by atoms with E-state index in [1.165, 1.54) is 5.56 Å². The van der Waals surface area contributed by atoms with E-state index < -0.39 is 0 Å². The average molecular weight is 306 g/mol. The third-order valence-corrected chi connectivity index (χ3v) is 5.03. The topological polar surface area (TPSA) is 17.1 Å². The highest BCUT2D eigenvalue weighted by molar-refractivity contribution is 8.04. The number of fused-ring (bicyclic) bond motifs is 1. The Balaban J connectivity index is 1.96. The minimum absolute atomic E-state index is 0.116. The summed E-state index contributed by atoms with van der Waals surface area (Å²) < 4.78 is 0. The zero-order valence-corrected chi connectivity index (χ0v) is 13.3. The van der Waals surface area contributed by atoms with Crippen LogP contribution in [0, 0.1) is 0 Å². The lowest BCUT2D eigenvalue weighted by Crippen LogP contribution is -2.08. The first kappa shape index (κ1) is 14.9. The van der Waals surface area contributed by atoms with Crippen molar-refractivity contribution in [3.05, 3.63) is 88.3 Å². The van der Waals surface area contributed by atoms with E-state index >= 15 is 0 Å². The molecule has 22 heavy (non-hydrogen) atoms. The van der Waals surface area contributed by atoms with Crippen LogP contribution in [0.4, 0.5) is 0 Å². The van der Waals surface area contributed by atoms with Crippen molar-refractivity contribution in [3.63, 3.8) is 0 Å². The van der Waals surface area contributed by atoms with Crippen LogP contribution < -0.4 is 0 Å². The molecule has 0 radical (unpaired) electrons. The van der Waals surface area contributed by atoms with Gasteiger partial charge in [-0.25, -0.2) is 0 Å². The van der Waals surface area contributed by atoms with Gasteiger partial charge in [0.1, 0.15) is 0 Å². The van der Waals surface area contributed by atoms with E-state index in [9.17, 15) is 4.79 Å². The van der Waals surface area contributed by atoms with Gasteiger partial charge in [0, 0.05) is 10.8 Å². The highest BCUT2D eigenvalue weighted by Crippen LogP contribution is 2.45. The first-order valence-electron chi connectivity index (χ1n) is 7.48. The fraction of sp³-hybridized carbons (Fsp3) is 0.150. The van der Waals surface area contributed by atoms with Gasteiger partial charge in [-0.1, -0.05) is 66.7 Å². The van der Waals surface area contributed by atoms with E-state index in [0.29, 0.717) is 5.25 Å². The van der Waals surface area contributed by atoms with Gasteiger partial charge in [-0.15, -0.1) is 11.8 Å². The van der Waals surface area contributed by atoms with Crippen molar-refractivity contribution in [1.82, 2.24) is 0 Å². The molecule has 0 aromatic heterocycles. The van der Waals surface area contributed by atoms with E-state index in [1.54, 1.807) is 11.8 Å². The van der Waals surface area contributed by atoms with Crippen LogP contribution in [0.15, 0.2) is 71.7 Å². The van der Waals surface area contributed by atoms with E-state index in [-0.39, 0.29) is 5.78 Å². The number of allylic oxidation sites excluding steroid dienone is 3. The number of hydrogen-bond donors (Lipinski definition) is 0. The molecule has 0 spiro atoms. The van der Waals surface area contributed by atoms with Crippen LogP contribution >= 0.6 is 11.8 Å². The van der Waals surface area contributed by atoms with Crippen LogP contribution in [0.5, 0.6) is 0 Å². The number of benzene rings is 2. The predicted octanol–water partition coefficient (Wildman–Crippen LogP) is 5.66. The molecule has 1 unspecified atom stereocenters. The second kappa shape index (κ2) is 6.80. The van der Waals surface area contributed by atoms with Gasteiger partial charge in [-0.3, -0.25) is 4.79 Å². The molecule has 2 aromatic carbocycles. The standard InChI is InChI=1S/C20H18OS/c1-2-3-13-18-17-12-8-7-11-16(17)14-19(22-18)20(21)15-9-5-4-6-10-15/h2-12,14,18H,13H2,1H3/b3-2+. The lowest BCUT2D eigenvalue weighted by molar-refractivity contribution is 0.104. The smallest absolute Gasteiger partial charge is 0.199 e. The fourth-order valence-electron chi connectivity index (χ4n) is 2.61. The van der Waals surface area contributed by atoms with Crippen molar-refractivity contribution in [3.8, 4) is 0 Å². The Kier molecular flexibility index (Phi) is 4.59. The van der Waals surface area contributed by atoms with E-state index in [2.05, 4.69) is 30.4 Å². The summed E-state index contributed by atoms with van der Waals surface area (Å²) in [5.74, 6) is 0.116. The maximum Gasteiger partial charge on any atom is 0.199 e. The van der Waals surface area contributed by atoms with Gasteiger partial charge in [0.15, 0.2) is 5.78 Å². The molecule has 2 heteroatoms. The Morgan fingerprint density at radius 1 is 1.09 bits per heavy atom. The van der Waals surface area contributed by atoms with Crippen molar-refractivity contribution in [2.24, 2.45) is 0 Å². The molecule has 1 nitrogen and oxygen atoms in total. The van der Waals surface area contributed by atoms with Gasteiger partial charge in [0.05, 0.1) is 4.91 Å². The minimum Gasteiger partial charge on any atom is -0.288 e.